The molecule has 2 nitrogen and oxygen atoms in total. The lowest BCUT2D eigenvalue weighted by molar-refractivity contribution is -0.109. The predicted octanol–water partition coefficient (Wildman–Crippen LogP) is 1.44. The van der Waals surface area contributed by atoms with Crippen molar-refractivity contribution in [3.8, 4) is 0 Å². The van der Waals surface area contributed by atoms with E-state index in [2.05, 4.69) is 18.3 Å². The zero-order chi connectivity index (χ0) is 7.40. The lowest BCUT2D eigenvalue weighted by Crippen LogP contribution is -2.19. The molecule has 0 saturated heterocycles. The van der Waals surface area contributed by atoms with Crippen LogP contribution < -0.4 is 5.32 Å². The van der Waals surface area contributed by atoms with Crippen molar-refractivity contribution < 1.29 is 4.79 Å². The lowest BCUT2D eigenvalue weighted by Gasteiger charge is -2.18. The number of carbonyl (C=O) groups is 1. The van der Waals surface area contributed by atoms with Crippen LogP contribution in [0.15, 0.2) is 11.8 Å². The Morgan fingerprint density at radius 1 is 1.80 bits per heavy atom. The van der Waals surface area contributed by atoms with Gasteiger partial charge in [0.05, 0.1) is 0 Å². The number of hydrogen-bond donors (Lipinski definition) is 1. The maximum atomic E-state index is 10.1. The van der Waals surface area contributed by atoms with E-state index in [1.165, 1.54) is 12.8 Å². The van der Waals surface area contributed by atoms with Gasteiger partial charge in [-0.3, -0.25) is 4.79 Å². The fourth-order valence-electron chi connectivity index (χ4n) is 1.31. The Morgan fingerprint density at radius 2 is 2.60 bits per heavy atom. The van der Waals surface area contributed by atoms with Gasteiger partial charge in [-0.25, -0.2) is 0 Å². The van der Waals surface area contributed by atoms with E-state index >= 15 is 0 Å². The van der Waals surface area contributed by atoms with Crippen LogP contribution in [0.25, 0.3) is 0 Å². The van der Waals surface area contributed by atoms with Crippen molar-refractivity contribution >= 4 is 6.41 Å². The molecule has 0 saturated carbocycles. The van der Waals surface area contributed by atoms with Crippen LogP contribution in [0.1, 0.15) is 26.2 Å². The third-order valence-electron chi connectivity index (χ3n) is 1.96. The Labute approximate surface area is 61.3 Å². The van der Waals surface area contributed by atoms with E-state index in [4.69, 9.17) is 0 Å². The van der Waals surface area contributed by atoms with Gasteiger partial charge in [0.1, 0.15) is 0 Å². The molecule has 0 bridgehead atoms. The molecular weight excluding hydrogens is 126 g/mol. The second kappa shape index (κ2) is 3.40. The third kappa shape index (κ3) is 1.59. The van der Waals surface area contributed by atoms with Crippen LogP contribution in [0, 0.1) is 5.92 Å². The highest BCUT2D eigenvalue weighted by Crippen LogP contribution is 2.21. The van der Waals surface area contributed by atoms with Crippen molar-refractivity contribution in [2.45, 2.75) is 26.2 Å². The molecule has 0 aliphatic heterocycles. The van der Waals surface area contributed by atoms with E-state index in [0.29, 0.717) is 5.92 Å². The number of nitrogens with one attached hydrogen (secondary N) is 1. The van der Waals surface area contributed by atoms with Crippen LogP contribution in [0.4, 0.5) is 0 Å². The van der Waals surface area contributed by atoms with Crippen LogP contribution in [0.2, 0.25) is 0 Å². The van der Waals surface area contributed by atoms with E-state index in [-0.39, 0.29) is 0 Å². The molecule has 0 radical (unpaired) electrons. The molecule has 10 heavy (non-hydrogen) atoms. The van der Waals surface area contributed by atoms with Gasteiger partial charge in [0.2, 0.25) is 6.41 Å². The molecule has 0 heterocycles. The molecule has 1 rings (SSSR count). The van der Waals surface area contributed by atoms with Crippen molar-refractivity contribution in [2.75, 3.05) is 0 Å². The smallest absolute Gasteiger partial charge is 0.211 e. The van der Waals surface area contributed by atoms with Crippen LogP contribution in [0.5, 0.6) is 0 Å². The van der Waals surface area contributed by atoms with Crippen LogP contribution in [-0.2, 0) is 4.79 Å². The molecule has 0 aromatic heterocycles. The summed E-state index contributed by atoms with van der Waals surface area (Å²) in [6.07, 6.45) is 6.44. The largest absolute Gasteiger partial charge is 0.332 e. The molecule has 0 fully saturated rings. The fraction of sp³-hybridized carbons (Fsp3) is 0.625. The standard InChI is InChI=1S/C8H13NO/c1-7-4-2-3-5-8(7)9-6-10/h5-7H,2-4H2,1H3,(H,9,10). The summed E-state index contributed by atoms with van der Waals surface area (Å²) in [6, 6.07) is 0. The highest BCUT2D eigenvalue weighted by Gasteiger charge is 2.10. The maximum absolute atomic E-state index is 10.1. The molecule has 1 atom stereocenters. The molecule has 2 heteroatoms. The van der Waals surface area contributed by atoms with Crippen molar-refractivity contribution in [1.29, 1.82) is 0 Å². The molecule has 1 aliphatic carbocycles. The van der Waals surface area contributed by atoms with Gasteiger partial charge < -0.3 is 5.32 Å². The highest BCUT2D eigenvalue weighted by molar-refractivity contribution is 5.50. The van der Waals surface area contributed by atoms with Gasteiger partial charge in [0.15, 0.2) is 0 Å². The molecule has 0 aromatic carbocycles. The topological polar surface area (TPSA) is 29.1 Å². The molecule has 1 unspecified atom stereocenters. The van der Waals surface area contributed by atoms with E-state index in [1.807, 2.05) is 0 Å². The summed E-state index contributed by atoms with van der Waals surface area (Å²) in [5.41, 5.74) is 1.10. The number of carbonyl (C=O) groups excluding carboxylic acids is 1. The first-order valence-corrected chi connectivity index (χ1v) is 3.75. The number of allylic oxidation sites excluding steroid dienone is 2. The van der Waals surface area contributed by atoms with E-state index in [9.17, 15) is 4.79 Å². The maximum Gasteiger partial charge on any atom is 0.211 e. The summed E-state index contributed by atoms with van der Waals surface area (Å²) < 4.78 is 0. The summed E-state index contributed by atoms with van der Waals surface area (Å²) in [4.78, 5) is 10.1. The summed E-state index contributed by atoms with van der Waals surface area (Å²) >= 11 is 0. The average molecular weight is 139 g/mol. The molecular formula is C8H13NO. The second-order valence-electron chi connectivity index (χ2n) is 2.75. The molecule has 1 aliphatic rings. The van der Waals surface area contributed by atoms with Crippen molar-refractivity contribution in [1.82, 2.24) is 5.32 Å². The average Bonchev–Trinajstić information content (AvgIpc) is 1.94. The number of amides is 1. The van der Waals surface area contributed by atoms with Crippen molar-refractivity contribution in [3.63, 3.8) is 0 Å². The van der Waals surface area contributed by atoms with Crippen LogP contribution in [-0.4, -0.2) is 6.41 Å². The first-order chi connectivity index (χ1) is 4.84. The van der Waals surface area contributed by atoms with Crippen LogP contribution >= 0.6 is 0 Å². The van der Waals surface area contributed by atoms with Crippen molar-refractivity contribution in [3.05, 3.63) is 11.8 Å². The second-order valence-corrected chi connectivity index (χ2v) is 2.75. The Morgan fingerprint density at radius 3 is 3.20 bits per heavy atom. The SMILES string of the molecule is CC1CCCC=C1NC=O. The quantitative estimate of drug-likeness (QED) is 0.576. The molecule has 1 amide bonds. The summed E-state index contributed by atoms with van der Waals surface area (Å²) in [7, 11) is 0. The highest BCUT2D eigenvalue weighted by atomic mass is 16.1. The monoisotopic (exact) mass is 139 g/mol. The van der Waals surface area contributed by atoms with E-state index in [1.54, 1.807) is 0 Å². The molecule has 0 spiro atoms. The molecule has 56 valence electrons. The molecule has 1 N–H and O–H groups in total. The van der Waals surface area contributed by atoms with Gasteiger partial charge in [-0.2, -0.15) is 0 Å². The Balaban J connectivity index is 2.52. The minimum absolute atomic E-state index is 0.541. The number of hydrogen-bond acceptors (Lipinski definition) is 1. The summed E-state index contributed by atoms with van der Waals surface area (Å²) in [5.74, 6) is 0.541. The first kappa shape index (κ1) is 7.32. The normalized spacial score (nSPS) is 25.3. The van der Waals surface area contributed by atoms with Crippen molar-refractivity contribution in [2.24, 2.45) is 5.92 Å². The Bertz CT molecular complexity index is 151. The minimum atomic E-state index is 0.541. The Kier molecular flexibility index (Phi) is 2.49. The van der Waals surface area contributed by atoms with Gasteiger partial charge >= 0.3 is 0 Å². The zero-order valence-corrected chi connectivity index (χ0v) is 6.26. The van der Waals surface area contributed by atoms with E-state index in [0.717, 1.165) is 18.5 Å². The van der Waals surface area contributed by atoms with Gasteiger partial charge in [-0.05, 0) is 25.2 Å². The summed E-state index contributed by atoms with van der Waals surface area (Å²) in [5, 5.41) is 2.71. The number of rotatable bonds is 2. The van der Waals surface area contributed by atoms with Crippen LogP contribution in [0.3, 0.4) is 0 Å². The minimum Gasteiger partial charge on any atom is -0.332 e. The van der Waals surface area contributed by atoms with Gasteiger partial charge in [-0.15, -0.1) is 0 Å². The first-order valence-electron chi connectivity index (χ1n) is 3.75. The Hall–Kier alpha value is -0.790. The van der Waals surface area contributed by atoms with Gasteiger partial charge in [0.25, 0.3) is 0 Å². The van der Waals surface area contributed by atoms with Gasteiger partial charge in [-0.1, -0.05) is 13.0 Å². The van der Waals surface area contributed by atoms with Gasteiger partial charge in [0, 0.05) is 5.70 Å². The zero-order valence-electron chi connectivity index (χ0n) is 6.26. The third-order valence-corrected chi connectivity index (χ3v) is 1.96. The predicted molar refractivity (Wildman–Crippen MR) is 40.3 cm³/mol. The molecule has 0 aromatic rings. The van der Waals surface area contributed by atoms with E-state index < -0.39 is 0 Å². The fourth-order valence-corrected chi connectivity index (χ4v) is 1.31. The summed E-state index contributed by atoms with van der Waals surface area (Å²) in [6.45, 7) is 2.14. The lowest BCUT2D eigenvalue weighted by atomic mass is 9.94.